The molecule has 1 saturated heterocycles. The minimum atomic E-state index is -0.965. The Balaban J connectivity index is 0.00000156. The highest BCUT2D eigenvalue weighted by molar-refractivity contribution is 6.31. The molecule has 2 atom stereocenters. The minimum Gasteiger partial charge on any atom is -0.334 e. The molecule has 0 amide bonds. The van der Waals surface area contributed by atoms with Gasteiger partial charge in [0, 0.05) is 33.4 Å². The van der Waals surface area contributed by atoms with Crippen molar-refractivity contribution in [3.05, 3.63) is 47.2 Å². The third-order valence-electron chi connectivity index (χ3n) is 4.43. The highest BCUT2D eigenvalue weighted by Gasteiger charge is 2.28. The predicted octanol–water partition coefficient (Wildman–Crippen LogP) is 4.88. The van der Waals surface area contributed by atoms with Gasteiger partial charge in [0.2, 0.25) is 0 Å². The molecule has 4 rings (SSSR count). The van der Waals surface area contributed by atoms with Gasteiger partial charge in [-0.2, -0.15) is 0 Å². The van der Waals surface area contributed by atoms with E-state index in [0.717, 1.165) is 28.4 Å². The fraction of sp³-hybridized carbons (Fsp3) is 0.294. The van der Waals surface area contributed by atoms with Gasteiger partial charge in [-0.25, -0.2) is 8.78 Å². The quantitative estimate of drug-likeness (QED) is 0.657. The minimum absolute atomic E-state index is 0. The van der Waals surface area contributed by atoms with Crippen LogP contribution in [0.1, 0.15) is 12.5 Å². The van der Waals surface area contributed by atoms with Crippen molar-refractivity contribution in [3.8, 4) is 0 Å². The smallest absolute Gasteiger partial charge is 0.133 e. The Bertz CT molecular complexity index is 803. The standard InChI is InChI=1S/C17H15ClF2N2.ClH/c18-10-1-3-15-12(7-10)13-8-11(19)2-4-16(13)22(15)17-5-6-21-9-14(17)20;/h1-4,7-8,14,17,21H,5-6,9H2;1H/t14-,17-;/m0./s1. The van der Waals surface area contributed by atoms with Crippen LogP contribution in [-0.2, 0) is 0 Å². The van der Waals surface area contributed by atoms with E-state index in [1.54, 1.807) is 12.1 Å². The second kappa shape index (κ2) is 6.27. The topological polar surface area (TPSA) is 17.0 Å². The Morgan fingerprint density at radius 3 is 2.52 bits per heavy atom. The highest BCUT2D eigenvalue weighted by Crippen LogP contribution is 2.36. The van der Waals surface area contributed by atoms with E-state index in [9.17, 15) is 8.78 Å². The van der Waals surface area contributed by atoms with Crippen LogP contribution < -0.4 is 5.32 Å². The fourth-order valence-electron chi connectivity index (χ4n) is 3.45. The Hall–Kier alpha value is -1.36. The van der Waals surface area contributed by atoms with Crippen LogP contribution in [0.4, 0.5) is 8.78 Å². The van der Waals surface area contributed by atoms with Gasteiger partial charge in [-0.15, -0.1) is 12.4 Å². The summed E-state index contributed by atoms with van der Waals surface area (Å²) in [6, 6.07) is 9.92. The molecule has 1 N–H and O–H groups in total. The summed E-state index contributed by atoms with van der Waals surface area (Å²) in [5.74, 6) is -0.298. The molecule has 0 radical (unpaired) electrons. The lowest BCUT2D eigenvalue weighted by Crippen LogP contribution is -2.39. The van der Waals surface area contributed by atoms with E-state index in [1.165, 1.54) is 12.1 Å². The first-order chi connectivity index (χ1) is 10.6. The normalized spacial score (nSPS) is 21.5. The number of rotatable bonds is 1. The van der Waals surface area contributed by atoms with E-state index >= 15 is 0 Å². The number of nitrogens with zero attached hydrogens (tertiary/aromatic N) is 1. The van der Waals surface area contributed by atoms with Crippen molar-refractivity contribution >= 4 is 45.8 Å². The Labute approximate surface area is 143 Å². The summed E-state index contributed by atoms with van der Waals surface area (Å²) in [7, 11) is 0. The molecule has 1 aromatic heterocycles. The number of aromatic nitrogens is 1. The van der Waals surface area contributed by atoms with Crippen molar-refractivity contribution in [2.24, 2.45) is 0 Å². The van der Waals surface area contributed by atoms with Gasteiger partial charge < -0.3 is 9.88 Å². The Kier molecular flexibility index (Phi) is 4.50. The number of nitrogens with one attached hydrogen (secondary N) is 1. The van der Waals surface area contributed by atoms with Crippen molar-refractivity contribution in [2.45, 2.75) is 18.6 Å². The summed E-state index contributed by atoms with van der Waals surface area (Å²) in [5.41, 5.74) is 1.76. The van der Waals surface area contributed by atoms with E-state index in [1.807, 2.05) is 16.7 Å². The number of piperidine rings is 1. The lowest BCUT2D eigenvalue weighted by Gasteiger charge is -2.29. The molecule has 2 heterocycles. The van der Waals surface area contributed by atoms with Crippen molar-refractivity contribution in [2.75, 3.05) is 13.1 Å². The van der Waals surface area contributed by atoms with Crippen LogP contribution in [0.5, 0.6) is 0 Å². The van der Waals surface area contributed by atoms with Crippen LogP contribution >= 0.6 is 24.0 Å². The monoisotopic (exact) mass is 356 g/mol. The molecule has 23 heavy (non-hydrogen) atoms. The van der Waals surface area contributed by atoms with Gasteiger partial charge in [0.15, 0.2) is 0 Å². The van der Waals surface area contributed by atoms with Gasteiger partial charge >= 0.3 is 0 Å². The third-order valence-corrected chi connectivity index (χ3v) is 4.67. The Morgan fingerprint density at radius 2 is 1.78 bits per heavy atom. The molecule has 2 nitrogen and oxygen atoms in total. The number of halogens is 4. The molecule has 0 spiro atoms. The summed E-state index contributed by atoms with van der Waals surface area (Å²) in [6.45, 7) is 1.13. The van der Waals surface area contributed by atoms with Crippen LogP contribution in [0, 0.1) is 5.82 Å². The predicted molar refractivity (Wildman–Crippen MR) is 93.1 cm³/mol. The zero-order chi connectivity index (χ0) is 15.3. The molecule has 1 aliphatic heterocycles. The first kappa shape index (κ1) is 16.5. The summed E-state index contributed by atoms with van der Waals surface area (Å²) in [4.78, 5) is 0. The number of fused-ring (bicyclic) bond motifs is 3. The van der Waals surface area contributed by atoms with E-state index in [-0.39, 0.29) is 24.3 Å². The third kappa shape index (κ3) is 2.69. The largest absolute Gasteiger partial charge is 0.334 e. The van der Waals surface area contributed by atoms with E-state index in [2.05, 4.69) is 5.32 Å². The molecule has 6 heteroatoms. The number of alkyl halides is 1. The average Bonchev–Trinajstić information content (AvgIpc) is 2.81. The van der Waals surface area contributed by atoms with E-state index in [0.29, 0.717) is 18.0 Å². The van der Waals surface area contributed by atoms with Crippen LogP contribution in [0.2, 0.25) is 5.02 Å². The van der Waals surface area contributed by atoms with Crippen LogP contribution in [0.3, 0.4) is 0 Å². The van der Waals surface area contributed by atoms with Gasteiger partial charge in [-0.1, -0.05) is 11.6 Å². The van der Waals surface area contributed by atoms with Crippen molar-refractivity contribution in [1.29, 1.82) is 0 Å². The molecule has 122 valence electrons. The molecule has 0 saturated carbocycles. The zero-order valence-corrected chi connectivity index (χ0v) is 13.8. The summed E-state index contributed by atoms with van der Waals surface area (Å²) >= 11 is 6.10. The van der Waals surface area contributed by atoms with Crippen molar-refractivity contribution < 1.29 is 8.78 Å². The maximum absolute atomic E-state index is 14.4. The molecule has 0 unspecified atom stereocenters. The molecule has 1 aliphatic rings. The van der Waals surface area contributed by atoms with Gasteiger partial charge in [0.1, 0.15) is 12.0 Å². The molecule has 0 bridgehead atoms. The van der Waals surface area contributed by atoms with Gasteiger partial charge in [0.25, 0.3) is 0 Å². The van der Waals surface area contributed by atoms with E-state index < -0.39 is 6.17 Å². The van der Waals surface area contributed by atoms with Crippen molar-refractivity contribution in [1.82, 2.24) is 9.88 Å². The second-order valence-corrected chi connectivity index (χ2v) is 6.21. The first-order valence-electron chi connectivity index (χ1n) is 7.38. The average molecular weight is 357 g/mol. The van der Waals surface area contributed by atoms with Crippen molar-refractivity contribution in [3.63, 3.8) is 0 Å². The summed E-state index contributed by atoms with van der Waals surface area (Å²) in [5, 5.41) is 5.32. The number of hydrogen-bond donors (Lipinski definition) is 1. The second-order valence-electron chi connectivity index (χ2n) is 5.77. The van der Waals surface area contributed by atoms with Crippen LogP contribution in [-0.4, -0.2) is 23.8 Å². The zero-order valence-electron chi connectivity index (χ0n) is 12.2. The van der Waals surface area contributed by atoms with Crippen LogP contribution in [0.15, 0.2) is 36.4 Å². The molecule has 3 aromatic rings. The molecular formula is C17H16Cl2F2N2. The van der Waals surface area contributed by atoms with Gasteiger partial charge in [-0.05, 0) is 49.4 Å². The number of hydrogen-bond acceptors (Lipinski definition) is 1. The summed E-state index contributed by atoms with van der Waals surface area (Å²) < 4.78 is 30.1. The molecular weight excluding hydrogens is 341 g/mol. The molecule has 1 fully saturated rings. The highest BCUT2D eigenvalue weighted by atomic mass is 35.5. The van der Waals surface area contributed by atoms with Crippen LogP contribution in [0.25, 0.3) is 21.8 Å². The maximum Gasteiger partial charge on any atom is 0.133 e. The van der Waals surface area contributed by atoms with E-state index in [4.69, 9.17) is 11.6 Å². The lowest BCUT2D eigenvalue weighted by atomic mass is 10.0. The van der Waals surface area contributed by atoms with Gasteiger partial charge in [-0.3, -0.25) is 0 Å². The first-order valence-corrected chi connectivity index (χ1v) is 7.76. The molecule has 0 aliphatic carbocycles. The Morgan fingerprint density at radius 1 is 1.09 bits per heavy atom. The SMILES string of the molecule is Cl.Fc1ccc2c(c1)c1cc(Cl)ccc1n2[C@H]1CCNC[C@@H]1F. The summed E-state index contributed by atoms with van der Waals surface area (Å²) in [6.07, 6.45) is -0.256. The molecule has 2 aromatic carbocycles. The fourth-order valence-corrected chi connectivity index (χ4v) is 3.62. The lowest BCUT2D eigenvalue weighted by molar-refractivity contribution is 0.190. The maximum atomic E-state index is 14.4. The number of benzene rings is 2. The van der Waals surface area contributed by atoms with Gasteiger partial charge in [0.05, 0.1) is 6.04 Å².